The van der Waals surface area contributed by atoms with Gasteiger partial charge in [0.1, 0.15) is 0 Å². The van der Waals surface area contributed by atoms with Crippen molar-refractivity contribution in [2.75, 3.05) is 23.0 Å². The van der Waals surface area contributed by atoms with Crippen molar-refractivity contribution >= 4 is 33.4 Å². The van der Waals surface area contributed by atoms with Crippen LogP contribution in [0.3, 0.4) is 0 Å². The lowest BCUT2D eigenvalue weighted by molar-refractivity contribution is 0.222. The van der Waals surface area contributed by atoms with E-state index in [1.807, 2.05) is 54.7 Å². The van der Waals surface area contributed by atoms with E-state index in [0.717, 1.165) is 33.2 Å². The van der Waals surface area contributed by atoms with Gasteiger partial charge in [0.2, 0.25) is 0 Å². The van der Waals surface area contributed by atoms with Crippen molar-refractivity contribution in [3.8, 4) is 0 Å². The molecule has 0 aliphatic rings. The predicted molar refractivity (Wildman–Crippen MR) is 114 cm³/mol. The molecule has 0 fully saturated rings. The number of aromatic nitrogens is 1. The van der Waals surface area contributed by atoms with Gasteiger partial charge in [-0.15, -0.1) is 11.3 Å². The maximum Gasteiger partial charge on any atom is 0.184 e. The fourth-order valence-corrected chi connectivity index (χ4v) is 3.26. The lowest BCUT2D eigenvalue weighted by atomic mass is 10.2. The number of hydrogen-bond donors (Lipinski definition) is 3. The van der Waals surface area contributed by atoms with E-state index >= 15 is 0 Å². The number of benzene rings is 1. The van der Waals surface area contributed by atoms with Crippen LogP contribution in [0.2, 0.25) is 0 Å². The molecule has 27 heavy (non-hydrogen) atoms. The first-order chi connectivity index (χ1) is 13.1. The average Bonchev–Trinajstić information content (AvgIpc) is 3.13. The highest BCUT2D eigenvalue weighted by Crippen LogP contribution is 2.30. The molecule has 0 atom stereocenters. The lowest BCUT2D eigenvalue weighted by Crippen LogP contribution is -2.04. The minimum Gasteiger partial charge on any atom is -0.479 e. The van der Waals surface area contributed by atoms with E-state index in [4.69, 9.17) is 10.5 Å². The van der Waals surface area contributed by atoms with Crippen molar-refractivity contribution in [2.24, 2.45) is 0 Å². The summed E-state index contributed by atoms with van der Waals surface area (Å²) >= 11 is 1.56. The average molecular weight is 379 g/mol. The van der Waals surface area contributed by atoms with Gasteiger partial charge in [-0.1, -0.05) is 24.8 Å². The van der Waals surface area contributed by atoms with Crippen molar-refractivity contribution in [2.45, 2.75) is 6.42 Å². The summed E-state index contributed by atoms with van der Waals surface area (Å²) in [6, 6.07) is 15.5. The fourth-order valence-electron chi connectivity index (χ4n) is 2.41. The van der Waals surface area contributed by atoms with E-state index in [0.29, 0.717) is 18.2 Å². The molecular weight excluding hydrogens is 356 g/mol. The van der Waals surface area contributed by atoms with Gasteiger partial charge in [0.25, 0.3) is 0 Å². The molecule has 0 unspecified atom stereocenters. The Kier molecular flexibility index (Phi) is 6.12. The summed E-state index contributed by atoms with van der Waals surface area (Å²) in [6.07, 6.45) is 4.38. The summed E-state index contributed by atoms with van der Waals surface area (Å²) < 4.78 is 5.65. The third-order valence-electron chi connectivity index (χ3n) is 3.80. The second-order valence-corrected chi connectivity index (χ2v) is 6.95. The smallest absolute Gasteiger partial charge is 0.184 e. The zero-order valence-electron chi connectivity index (χ0n) is 14.9. The van der Waals surface area contributed by atoms with Crippen molar-refractivity contribution in [3.05, 3.63) is 90.4 Å². The van der Waals surface area contributed by atoms with Crippen molar-refractivity contribution in [3.63, 3.8) is 0 Å². The quantitative estimate of drug-likeness (QED) is 0.363. The van der Waals surface area contributed by atoms with Crippen LogP contribution in [0.5, 0.6) is 0 Å². The zero-order valence-corrected chi connectivity index (χ0v) is 15.8. The van der Waals surface area contributed by atoms with Gasteiger partial charge in [-0.25, -0.2) is 0 Å². The first-order valence-electron chi connectivity index (χ1n) is 8.50. The monoisotopic (exact) mass is 378 g/mol. The molecule has 3 rings (SSSR count). The largest absolute Gasteiger partial charge is 0.479 e. The number of anilines is 3. The molecule has 6 heteroatoms. The molecular formula is C21H22N4OS. The van der Waals surface area contributed by atoms with Gasteiger partial charge in [-0.05, 0) is 42.5 Å². The van der Waals surface area contributed by atoms with Crippen molar-refractivity contribution < 1.29 is 4.74 Å². The Morgan fingerprint density at radius 2 is 1.93 bits per heavy atom. The number of pyridine rings is 1. The minimum atomic E-state index is 0.512. The standard InChI is InChI=1S/C21H22N4OS/c1-15(24-19-8-4-3-7-18(19)22)20-9-10-21(27-20)25-16(2)26-13-11-17-6-5-12-23-14-17/h3-10,12,14,24-25H,1-2,11,13,22H2. The van der Waals surface area contributed by atoms with E-state index < -0.39 is 0 Å². The van der Waals surface area contributed by atoms with Crippen molar-refractivity contribution in [1.82, 2.24) is 4.98 Å². The van der Waals surface area contributed by atoms with E-state index in [-0.39, 0.29) is 0 Å². The molecule has 2 aromatic heterocycles. The van der Waals surface area contributed by atoms with Gasteiger partial charge in [0.05, 0.1) is 27.9 Å². The molecule has 2 heterocycles. The van der Waals surface area contributed by atoms with Crippen molar-refractivity contribution in [1.29, 1.82) is 0 Å². The summed E-state index contributed by atoms with van der Waals surface area (Å²) in [5.74, 6) is 0.512. The molecule has 138 valence electrons. The third-order valence-corrected chi connectivity index (χ3v) is 4.86. The lowest BCUT2D eigenvalue weighted by Gasteiger charge is -2.11. The molecule has 0 saturated heterocycles. The molecule has 0 radical (unpaired) electrons. The normalized spacial score (nSPS) is 10.2. The van der Waals surface area contributed by atoms with Gasteiger partial charge < -0.3 is 21.1 Å². The number of nitrogens with one attached hydrogen (secondary N) is 2. The highest BCUT2D eigenvalue weighted by molar-refractivity contribution is 7.17. The van der Waals surface area contributed by atoms with Crippen LogP contribution >= 0.6 is 11.3 Å². The van der Waals surface area contributed by atoms with E-state index in [1.165, 1.54) is 0 Å². The molecule has 0 aliphatic carbocycles. The summed E-state index contributed by atoms with van der Waals surface area (Å²) in [6.45, 7) is 8.55. The van der Waals surface area contributed by atoms with Crippen LogP contribution in [0, 0.1) is 0 Å². The maximum atomic E-state index is 5.96. The first kappa shape index (κ1) is 18.5. The molecule has 5 nitrogen and oxygen atoms in total. The van der Waals surface area contributed by atoms with Gasteiger partial charge in [-0.2, -0.15) is 0 Å². The Balaban J connectivity index is 1.49. The van der Waals surface area contributed by atoms with Gasteiger partial charge in [0, 0.05) is 24.5 Å². The maximum absolute atomic E-state index is 5.96. The van der Waals surface area contributed by atoms with Crippen LogP contribution in [0.1, 0.15) is 10.4 Å². The number of nitrogens with two attached hydrogens (primary N) is 1. The second-order valence-electron chi connectivity index (χ2n) is 5.86. The second kappa shape index (κ2) is 8.91. The van der Waals surface area contributed by atoms with E-state index in [9.17, 15) is 0 Å². The predicted octanol–water partition coefficient (Wildman–Crippen LogP) is 4.95. The van der Waals surface area contributed by atoms with Gasteiger partial charge >= 0.3 is 0 Å². The number of ether oxygens (including phenoxy) is 1. The Bertz CT molecular complexity index is 921. The Morgan fingerprint density at radius 3 is 2.70 bits per heavy atom. The fraction of sp³-hybridized carbons (Fsp3) is 0.0952. The van der Waals surface area contributed by atoms with Crippen LogP contribution in [0.15, 0.2) is 80.0 Å². The molecule has 0 amide bonds. The first-order valence-corrected chi connectivity index (χ1v) is 9.32. The van der Waals surface area contributed by atoms with E-state index in [2.05, 4.69) is 28.8 Å². The van der Waals surface area contributed by atoms with Crippen LogP contribution in [-0.2, 0) is 11.2 Å². The van der Waals surface area contributed by atoms with Crippen LogP contribution in [0.4, 0.5) is 16.4 Å². The zero-order chi connectivity index (χ0) is 19.1. The summed E-state index contributed by atoms with van der Waals surface area (Å²) in [4.78, 5) is 5.09. The van der Waals surface area contributed by atoms with Gasteiger partial charge in [0.15, 0.2) is 5.88 Å². The number of para-hydroxylation sites is 2. The molecule has 1 aromatic carbocycles. The van der Waals surface area contributed by atoms with E-state index in [1.54, 1.807) is 17.5 Å². The number of rotatable bonds is 9. The van der Waals surface area contributed by atoms with Crippen LogP contribution in [0.25, 0.3) is 5.70 Å². The molecule has 0 spiro atoms. The molecule has 0 bridgehead atoms. The number of thiophene rings is 1. The molecule has 0 aliphatic heterocycles. The minimum absolute atomic E-state index is 0.512. The summed E-state index contributed by atoms with van der Waals surface area (Å²) in [5, 5.41) is 7.35. The Morgan fingerprint density at radius 1 is 1.07 bits per heavy atom. The summed E-state index contributed by atoms with van der Waals surface area (Å²) in [5.41, 5.74) is 9.40. The van der Waals surface area contributed by atoms with Crippen LogP contribution in [-0.4, -0.2) is 11.6 Å². The highest BCUT2D eigenvalue weighted by atomic mass is 32.1. The van der Waals surface area contributed by atoms with Crippen LogP contribution < -0.4 is 16.4 Å². The Hall–Kier alpha value is -3.25. The third kappa shape index (κ3) is 5.36. The number of nitrogen functional groups attached to an aromatic ring is 1. The molecule has 3 aromatic rings. The summed E-state index contributed by atoms with van der Waals surface area (Å²) in [7, 11) is 0. The number of hydrogen-bond acceptors (Lipinski definition) is 6. The molecule has 0 saturated carbocycles. The number of nitrogens with zero attached hydrogens (tertiary/aromatic N) is 1. The SMILES string of the molecule is C=C(Nc1ccc(C(=C)Nc2ccccc2N)s1)OCCc1cccnc1. The topological polar surface area (TPSA) is 72.2 Å². The Labute approximate surface area is 163 Å². The highest BCUT2D eigenvalue weighted by Gasteiger charge is 2.07. The molecule has 4 N–H and O–H groups in total. The van der Waals surface area contributed by atoms with Gasteiger partial charge in [-0.3, -0.25) is 4.98 Å².